The molecule has 6 nitrogen and oxygen atoms in total. The van der Waals surface area contributed by atoms with E-state index in [1.807, 2.05) is 17.0 Å². The number of ether oxygens (including phenoxy) is 1. The van der Waals surface area contributed by atoms with Crippen molar-refractivity contribution in [2.24, 2.45) is 0 Å². The van der Waals surface area contributed by atoms with Crippen LogP contribution < -0.4 is 0 Å². The molecule has 7 heteroatoms. The summed E-state index contributed by atoms with van der Waals surface area (Å²) < 4.78 is 11.4. The van der Waals surface area contributed by atoms with E-state index in [-0.39, 0.29) is 5.91 Å². The number of amides is 1. The normalized spacial score (nSPS) is 20.0. The van der Waals surface area contributed by atoms with Crippen molar-refractivity contribution in [1.82, 2.24) is 15.0 Å². The number of carbonyl (C=O) groups excluding carboxylic acids is 1. The van der Waals surface area contributed by atoms with E-state index >= 15 is 0 Å². The first-order chi connectivity index (χ1) is 12.6. The van der Waals surface area contributed by atoms with Crippen LogP contribution in [0.1, 0.15) is 30.3 Å². The monoisotopic (exact) mass is 375 g/mol. The molecule has 0 radical (unpaired) electrons. The lowest BCUT2D eigenvalue weighted by Crippen LogP contribution is -2.54. The van der Waals surface area contributed by atoms with Crippen LogP contribution in [0, 0.1) is 0 Å². The number of halogens is 1. The highest BCUT2D eigenvalue weighted by atomic mass is 35.5. The summed E-state index contributed by atoms with van der Waals surface area (Å²) in [4.78, 5) is 17.3. The fraction of sp³-hybridized carbons (Fsp3) is 0.474. The Bertz CT molecular complexity index is 782. The predicted molar refractivity (Wildman–Crippen MR) is 98.0 cm³/mol. The van der Waals surface area contributed by atoms with Crippen LogP contribution in [0.15, 0.2) is 34.9 Å². The molecule has 2 saturated heterocycles. The first-order valence-corrected chi connectivity index (χ1v) is 9.40. The van der Waals surface area contributed by atoms with Gasteiger partial charge in [-0.05, 0) is 30.8 Å². The molecular formula is C19H22ClN3O3. The molecule has 1 aromatic carbocycles. The molecule has 0 N–H and O–H groups in total. The lowest BCUT2D eigenvalue weighted by atomic mass is 9.98. The van der Waals surface area contributed by atoms with Gasteiger partial charge in [0.05, 0.1) is 6.61 Å². The lowest BCUT2D eigenvalue weighted by Gasteiger charge is -2.43. The van der Waals surface area contributed by atoms with Crippen LogP contribution in [0.5, 0.6) is 0 Å². The van der Waals surface area contributed by atoms with Crippen LogP contribution in [0.2, 0.25) is 5.02 Å². The van der Waals surface area contributed by atoms with Crippen LogP contribution in [0.25, 0.3) is 11.3 Å². The highest BCUT2D eigenvalue weighted by Crippen LogP contribution is 2.35. The van der Waals surface area contributed by atoms with Gasteiger partial charge in [-0.2, -0.15) is 0 Å². The van der Waals surface area contributed by atoms with E-state index in [0.29, 0.717) is 29.6 Å². The third-order valence-electron chi connectivity index (χ3n) is 5.37. The molecule has 3 heterocycles. The fourth-order valence-corrected chi connectivity index (χ4v) is 3.92. The Kier molecular flexibility index (Phi) is 4.73. The number of hydrogen-bond acceptors (Lipinski definition) is 5. The molecule has 1 aromatic heterocycles. The minimum atomic E-state index is -0.498. The molecular weight excluding hydrogens is 354 g/mol. The highest BCUT2D eigenvalue weighted by molar-refractivity contribution is 6.30. The van der Waals surface area contributed by atoms with E-state index in [2.05, 4.69) is 17.0 Å². The average Bonchev–Trinajstić information content (AvgIpc) is 3.30. The SMILES string of the molecule is CCN1CCC2(CC1)OCCN2C(=O)c1cc(-c2ccc(Cl)cc2)on1. The van der Waals surface area contributed by atoms with Crippen LogP contribution in [0.4, 0.5) is 0 Å². The molecule has 0 bridgehead atoms. The second kappa shape index (κ2) is 7.02. The van der Waals surface area contributed by atoms with Gasteiger partial charge >= 0.3 is 0 Å². The summed E-state index contributed by atoms with van der Waals surface area (Å²) in [6.07, 6.45) is 1.66. The Morgan fingerprint density at radius 1 is 1.23 bits per heavy atom. The Morgan fingerprint density at radius 2 is 1.96 bits per heavy atom. The second-order valence-corrected chi connectivity index (χ2v) is 7.21. The van der Waals surface area contributed by atoms with Crippen molar-refractivity contribution in [1.29, 1.82) is 0 Å². The standard InChI is InChI=1S/C19H22ClN3O3/c1-2-22-9-7-19(8-10-22)23(11-12-25-19)18(24)16-13-17(26-21-16)14-3-5-15(20)6-4-14/h3-6,13H,2,7-12H2,1H3. The van der Waals surface area contributed by atoms with Crippen LogP contribution >= 0.6 is 11.6 Å². The summed E-state index contributed by atoms with van der Waals surface area (Å²) in [6, 6.07) is 8.95. The first kappa shape index (κ1) is 17.5. The molecule has 138 valence electrons. The smallest absolute Gasteiger partial charge is 0.278 e. The van der Waals surface area contributed by atoms with Gasteiger partial charge in [-0.1, -0.05) is 23.7 Å². The molecule has 2 aliphatic heterocycles. The van der Waals surface area contributed by atoms with Crippen molar-refractivity contribution >= 4 is 17.5 Å². The van der Waals surface area contributed by atoms with E-state index < -0.39 is 5.72 Å². The number of piperidine rings is 1. The van der Waals surface area contributed by atoms with Crippen molar-refractivity contribution in [2.75, 3.05) is 32.8 Å². The van der Waals surface area contributed by atoms with Crippen molar-refractivity contribution in [3.63, 3.8) is 0 Å². The quantitative estimate of drug-likeness (QED) is 0.824. The third-order valence-corrected chi connectivity index (χ3v) is 5.62. The topological polar surface area (TPSA) is 58.8 Å². The summed E-state index contributed by atoms with van der Waals surface area (Å²) in [5, 5.41) is 4.66. The number of carbonyl (C=O) groups is 1. The lowest BCUT2D eigenvalue weighted by molar-refractivity contribution is -0.104. The van der Waals surface area contributed by atoms with Crippen LogP contribution in [-0.4, -0.2) is 59.4 Å². The van der Waals surface area contributed by atoms with Gasteiger partial charge in [0.25, 0.3) is 5.91 Å². The van der Waals surface area contributed by atoms with Gasteiger partial charge in [0.15, 0.2) is 11.5 Å². The Labute approximate surface area is 157 Å². The molecule has 26 heavy (non-hydrogen) atoms. The number of hydrogen-bond donors (Lipinski definition) is 0. The Morgan fingerprint density at radius 3 is 2.65 bits per heavy atom. The van der Waals surface area contributed by atoms with Crippen LogP contribution in [0.3, 0.4) is 0 Å². The van der Waals surface area contributed by atoms with E-state index in [1.165, 1.54) is 0 Å². The largest absolute Gasteiger partial charge is 0.355 e. The molecule has 4 rings (SSSR count). The van der Waals surface area contributed by atoms with Gasteiger partial charge in [0.1, 0.15) is 5.72 Å². The van der Waals surface area contributed by atoms with Gasteiger partial charge in [-0.25, -0.2) is 0 Å². The molecule has 0 aliphatic carbocycles. The number of nitrogens with zero attached hydrogens (tertiary/aromatic N) is 3. The van der Waals surface area contributed by atoms with Crippen LogP contribution in [-0.2, 0) is 4.74 Å². The molecule has 1 spiro atoms. The summed E-state index contributed by atoms with van der Waals surface area (Å²) in [7, 11) is 0. The summed E-state index contributed by atoms with van der Waals surface area (Å²) in [5.74, 6) is 0.427. The van der Waals surface area contributed by atoms with Crippen molar-refractivity contribution < 1.29 is 14.1 Å². The van der Waals surface area contributed by atoms with E-state index in [1.54, 1.807) is 18.2 Å². The van der Waals surface area contributed by atoms with Gasteiger partial charge in [-0.3, -0.25) is 4.79 Å². The Hall–Kier alpha value is -1.89. The maximum Gasteiger partial charge on any atom is 0.278 e. The zero-order valence-corrected chi connectivity index (χ0v) is 15.5. The molecule has 1 amide bonds. The van der Waals surface area contributed by atoms with Gasteiger partial charge in [-0.15, -0.1) is 0 Å². The average molecular weight is 376 g/mol. The van der Waals surface area contributed by atoms with Gasteiger partial charge in [0, 0.05) is 49.1 Å². The fourth-order valence-electron chi connectivity index (χ4n) is 3.79. The molecule has 2 fully saturated rings. The van der Waals surface area contributed by atoms with E-state index in [0.717, 1.165) is 38.0 Å². The first-order valence-electron chi connectivity index (χ1n) is 9.02. The minimum absolute atomic E-state index is 0.128. The molecule has 0 unspecified atom stereocenters. The molecule has 2 aliphatic rings. The molecule has 0 saturated carbocycles. The maximum absolute atomic E-state index is 13.1. The number of rotatable bonds is 3. The van der Waals surface area contributed by atoms with Gasteiger partial charge < -0.3 is 19.1 Å². The van der Waals surface area contributed by atoms with Crippen molar-refractivity contribution in [3.05, 3.63) is 41.0 Å². The zero-order valence-electron chi connectivity index (χ0n) is 14.8. The molecule has 2 aromatic rings. The predicted octanol–water partition coefficient (Wildman–Crippen LogP) is 3.28. The maximum atomic E-state index is 13.1. The summed E-state index contributed by atoms with van der Waals surface area (Å²) in [6.45, 7) is 6.22. The van der Waals surface area contributed by atoms with E-state index in [9.17, 15) is 4.79 Å². The summed E-state index contributed by atoms with van der Waals surface area (Å²) in [5.41, 5.74) is 0.657. The van der Waals surface area contributed by atoms with E-state index in [4.69, 9.17) is 20.9 Å². The van der Waals surface area contributed by atoms with Crippen molar-refractivity contribution in [2.45, 2.75) is 25.5 Å². The second-order valence-electron chi connectivity index (χ2n) is 6.77. The summed E-state index contributed by atoms with van der Waals surface area (Å²) >= 11 is 5.92. The number of likely N-dealkylation sites (tertiary alicyclic amines) is 1. The third kappa shape index (κ3) is 3.13. The minimum Gasteiger partial charge on any atom is -0.355 e. The zero-order chi connectivity index (χ0) is 18.1. The number of aromatic nitrogens is 1. The molecule has 0 atom stereocenters. The Balaban J connectivity index is 1.53. The van der Waals surface area contributed by atoms with Crippen molar-refractivity contribution in [3.8, 4) is 11.3 Å². The number of benzene rings is 1. The highest BCUT2D eigenvalue weighted by Gasteiger charge is 2.47. The van der Waals surface area contributed by atoms with Gasteiger partial charge in [0.2, 0.25) is 0 Å².